The number of thiocarbonyl (C=S) groups is 1. The van der Waals surface area contributed by atoms with Crippen LogP contribution in [-0.4, -0.2) is 30.8 Å². The molecular formula is C11H13N3O3S. The summed E-state index contributed by atoms with van der Waals surface area (Å²) in [5.74, 6) is 0.849. The number of nitrogens with one attached hydrogen (secondary N) is 3. The van der Waals surface area contributed by atoms with Gasteiger partial charge in [-0.1, -0.05) is 12.1 Å². The summed E-state index contributed by atoms with van der Waals surface area (Å²) < 4.78 is 10.9. The van der Waals surface area contributed by atoms with Crippen LogP contribution in [0.25, 0.3) is 0 Å². The van der Waals surface area contributed by atoms with Gasteiger partial charge in [0.2, 0.25) is 6.10 Å². The summed E-state index contributed by atoms with van der Waals surface area (Å²) in [5, 5.41) is 2.99. The molecule has 0 saturated heterocycles. The molecule has 96 valence electrons. The van der Waals surface area contributed by atoms with E-state index in [1.165, 1.54) is 0 Å². The highest BCUT2D eigenvalue weighted by molar-refractivity contribution is 7.80. The zero-order valence-electron chi connectivity index (χ0n) is 9.73. The van der Waals surface area contributed by atoms with Crippen molar-refractivity contribution in [3.8, 4) is 11.5 Å². The second kappa shape index (κ2) is 5.54. The van der Waals surface area contributed by atoms with Gasteiger partial charge in [-0.05, 0) is 24.4 Å². The van der Waals surface area contributed by atoms with Crippen LogP contribution in [0.15, 0.2) is 24.3 Å². The largest absolute Gasteiger partial charge is 0.485 e. The van der Waals surface area contributed by atoms with E-state index in [-0.39, 0.29) is 12.5 Å². The summed E-state index contributed by atoms with van der Waals surface area (Å²) >= 11 is 4.83. The number of hydrogen-bond donors (Lipinski definition) is 3. The molecule has 0 unspecified atom stereocenters. The Hall–Kier alpha value is -2.02. The van der Waals surface area contributed by atoms with Crippen molar-refractivity contribution in [2.75, 3.05) is 13.7 Å². The highest BCUT2D eigenvalue weighted by atomic mass is 32.1. The molecule has 0 aromatic heterocycles. The molecule has 0 radical (unpaired) electrons. The SMILES string of the molecule is CNC(=S)NNC(=O)[C@@H]1COc2ccccc2O1. The lowest BCUT2D eigenvalue weighted by Crippen LogP contribution is -2.52. The predicted molar refractivity (Wildman–Crippen MR) is 69.3 cm³/mol. The topological polar surface area (TPSA) is 71.6 Å². The molecule has 1 atom stereocenters. The Labute approximate surface area is 110 Å². The number of amides is 1. The van der Waals surface area contributed by atoms with Crippen molar-refractivity contribution in [3.05, 3.63) is 24.3 Å². The van der Waals surface area contributed by atoms with Gasteiger partial charge in [-0.2, -0.15) is 0 Å². The third-order valence-electron chi connectivity index (χ3n) is 2.33. The van der Waals surface area contributed by atoms with Crippen LogP contribution in [0.3, 0.4) is 0 Å². The first-order valence-electron chi connectivity index (χ1n) is 5.37. The van der Waals surface area contributed by atoms with E-state index in [1.54, 1.807) is 19.2 Å². The number of para-hydroxylation sites is 2. The van der Waals surface area contributed by atoms with Crippen molar-refractivity contribution in [2.24, 2.45) is 0 Å². The van der Waals surface area contributed by atoms with E-state index in [0.29, 0.717) is 16.6 Å². The molecule has 18 heavy (non-hydrogen) atoms. The van der Waals surface area contributed by atoms with Gasteiger partial charge in [0.15, 0.2) is 16.6 Å². The molecule has 2 rings (SSSR count). The normalized spacial score (nSPS) is 16.6. The van der Waals surface area contributed by atoms with E-state index in [0.717, 1.165) is 0 Å². The third-order valence-corrected chi connectivity index (χ3v) is 2.63. The van der Waals surface area contributed by atoms with E-state index in [9.17, 15) is 4.79 Å². The first-order valence-corrected chi connectivity index (χ1v) is 5.77. The Balaban J connectivity index is 1.92. The average molecular weight is 267 g/mol. The van der Waals surface area contributed by atoms with E-state index >= 15 is 0 Å². The maximum absolute atomic E-state index is 11.8. The van der Waals surface area contributed by atoms with E-state index in [1.807, 2.05) is 12.1 Å². The van der Waals surface area contributed by atoms with Gasteiger partial charge in [0.05, 0.1) is 0 Å². The Kier molecular flexibility index (Phi) is 3.83. The zero-order chi connectivity index (χ0) is 13.0. The summed E-state index contributed by atoms with van der Waals surface area (Å²) in [7, 11) is 1.65. The summed E-state index contributed by atoms with van der Waals surface area (Å²) in [5.41, 5.74) is 4.97. The lowest BCUT2D eigenvalue weighted by atomic mass is 10.2. The van der Waals surface area contributed by atoms with Gasteiger partial charge in [-0.15, -0.1) is 0 Å². The molecule has 1 aromatic carbocycles. The highest BCUT2D eigenvalue weighted by Gasteiger charge is 2.27. The van der Waals surface area contributed by atoms with Crippen molar-refractivity contribution in [1.29, 1.82) is 0 Å². The van der Waals surface area contributed by atoms with E-state index in [2.05, 4.69) is 16.2 Å². The van der Waals surface area contributed by atoms with Gasteiger partial charge >= 0.3 is 0 Å². The number of hydrazine groups is 1. The summed E-state index contributed by atoms with van der Waals surface area (Å²) in [6, 6.07) is 7.20. The van der Waals surface area contributed by atoms with Gasteiger partial charge in [-0.3, -0.25) is 15.6 Å². The van der Waals surface area contributed by atoms with Crippen molar-refractivity contribution >= 4 is 23.2 Å². The van der Waals surface area contributed by atoms with Gasteiger partial charge < -0.3 is 14.8 Å². The zero-order valence-corrected chi connectivity index (χ0v) is 10.5. The summed E-state index contributed by atoms with van der Waals surface area (Å²) in [6.45, 7) is 0.164. The summed E-state index contributed by atoms with van der Waals surface area (Å²) in [6.07, 6.45) is -0.702. The number of benzene rings is 1. The minimum atomic E-state index is -0.702. The highest BCUT2D eigenvalue weighted by Crippen LogP contribution is 2.30. The molecule has 6 nitrogen and oxygen atoms in total. The standard InChI is InChI=1S/C11H13N3O3S/c1-12-11(18)14-13-10(15)9-6-16-7-4-2-3-5-8(7)17-9/h2-5,9H,6H2,1H3,(H,13,15)(H2,12,14,18)/t9-/m0/s1. The average Bonchev–Trinajstić information content (AvgIpc) is 2.43. The van der Waals surface area contributed by atoms with E-state index in [4.69, 9.17) is 21.7 Å². The molecule has 1 heterocycles. The second-order valence-corrected chi connectivity index (χ2v) is 3.97. The third kappa shape index (κ3) is 2.80. The fourth-order valence-corrected chi connectivity index (χ4v) is 1.46. The molecular weight excluding hydrogens is 254 g/mol. The monoisotopic (exact) mass is 267 g/mol. The molecule has 1 aromatic rings. The predicted octanol–water partition coefficient (Wildman–Crippen LogP) is -0.0485. The lowest BCUT2D eigenvalue weighted by molar-refractivity contribution is -0.130. The van der Waals surface area contributed by atoms with Crippen molar-refractivity contribution in [1.82, 2.24) is 16.2 Å². The first-order chi connectivity index (χ1) is 8.70. The van der Waals surface area contributed by atoms with Crippen LogP contribution in [-0.2, 0) is 4.79 Å². The Morgan fingerprint density at radius 2 is 2.06 bits per heavy atom. The Bertz CT molecular complexity index is 467. The van der Waals surface area contributed by atoms with Crippen LogP contribution >= 0.6 is 12.2 Å². The van der Waals surface area contributed by atoms with Gasteiger partial charge in [0.1, 0.15) is 6.61 Å². The van der Waals surface area contributed by atoms with Crippen molar-refractivity contribution in [2.45, 2.75) is 6.10 Å². The molecule has 0 bridgehead atoms. The molecule has 0 spiro atoms. The molecule has 0 saturated carbocycles. The van der Waals surface area contributed by atoms with Crippen LogP contribution in [0, 0.1) is 0 Å². The lowest BCUT2D eigenvalue weighted by Gasteiger charge is -2.25. The van der Waals surface area contributed by atoms with Crippen LogP contribution < -0.4 is 25.6 Å². The quantitative estimate of drug-likeness (QED) is 0.489. The van der Waals surface area contributed by atoms with Gasteiger partial charge in [-0.25, -0.2) is 0 Å². The van der Waals surface area contributed by atoms with Crippen LogP contribution in [0.4, 0.5) is 0 Å². The van der Waals surface area contributed by atoms with Gasteiger partial charge in [0.25, 0.3) is 5.91 Å². The van der Waals surface area contributed by atoms with Crippen LogP contribution in [0.5, 0.6) is 11.5 Å². The summed E-state index contributed by atoms with van der Waals surface area (Å²) in [4.78, 5) is 11.8. The van der Waals surface area contributed by atoms with Crippen LogP contribution in [0.2, 0.25) is 0 Å². The molecule has 1 aliphatic rings. The smallest absolute Gasteiger partial charge is 0.283 e. The molecule has 1 amide bonds. The Morgan fingerprint density at radius 3 is 2.78 bits per heavy atom. The van der Waals surface area contributed by atoms with Crippen molar-refractivity contribution in [3.63, 3.8) is 0 Å². The molecule has 0 aliphatic carbocycles. The molecule has 7 heteroatoms. The van der Waals surface area contributed by atoms with Crippen molar-refractivity contribution < 1.29 is 14.3 Å². The maximum atomic E-state index is 11.8. The fraction of sp³-hybridized carbons (Fsp3) is 0.273. The molecule has 3 N–H and O–H groups in total. The molecule has 1 aliphatic heterocycles. The van der Waals surface area contributed by atoms with E-state index < -0.39 is 6.10 Å². The van der Waals surface area contributed by atoms with Gasteiger partial charge in [0, 0.05) is 7.05 Å². The second-order valence-electron chi connectivity index (χ2n) is 3.56. The minimum absolute atomic E-state index is 0.164. The number of carbonyl (C=O) groups excluding carboxylic acids is 1. The minimum Gasteiger partial charge on any atom is -0.485 e. The maximum Gasteiger partial charge on any atom is 0.283 e. The first kappa shape index (κ1) is 12.4. The number of carbonyl (C=O) groups is 1. The number of ether oxygens (including phenoxy) is 2. The number of rotatable bonds is 1. The molecule has 0 fully saturated rings. The number of hydrogen-bond acceptors (Lipinski definition) is 4. The number of fused-ring (bicyclic) bond motifs is 1. The fourth-order valence-electron chi connectivity index (χ4n) is 1.41. The Morgan fingerprint density at radius 1 is 1.33 bits per heavy atom. The van der Waals surface area contributed by atoms with Crippen LogP contribution in [0.1, 0.15) is 0 Å².